The Morgan fingerprint density at radius 3 is 2.44 bits per heavy atom. The number of nitrogens with zero attached hydrogens (tertiary/aromatic N) is 1. The van der Waals surface area contributed by atoms with Crippen molar-refractivity contribution in [1.82, 2.24) is 4.98 Å². The molecule has 164 valence electrons. The summed E-state index contributed by atoms with van der Waals surface area (Å²) in [6.45, 7) is 3.06. The molecule has 32 heavy (non-hydrogen) atoms. The number of aryl methyl sites for hydroxylation is 3. The molecule has 5 rings (SSSR count). The molecule has 0 aliphatic carbocycles. The summed E-state index contributed by atoms with van der Waals surface area (Å²) < 4.78 is 11.7. The fraction of sp³-hybridized carbons (Fsp3) is 0.222. The summed E-state index contributed by atoms with van der Waals surface area (Å²) >= 11 is 0. The van der Waals surface area contributed by atoms with E-state index >= 15 is 0 Å². The minimum atomic E-state index is 0. The zero-order valence-corrected chi connectivity index (χ0v) is 19.2. The summed E-state index contributed by atoms with van der Waals surface area (Å²) in [4.78, 5) is 4.92. The number of ether oxygens (including phenoxy) is 2. The van der Waals surface area contributed by atoms with Gasteiger partial charge in [0.05, 0.1) is 12.6 Å². The molecular formula is C27H27ClN2O2. The van der Waals surface area contributed by atoms with E-state index in [9.17, 15) is 0 Å². The zero-order chi connectivity index (χ0) is 21.2. The van der Waals surface area contributed by atoms with Crippen molar-refractivity contribution in [3.63, 3.8) is 0 Å². The molecule has 3 aromatic carbocycles. The van der Waals surface area contributed by atoms with E-state index in [1.165, 1.54) is 27.8 Å². The summed E-state index contributed by atoms with van der Waals surface area (Å²) in [5.41, 5.74) is 7.17. The van der Waals surface area contributed by atoms with Crippen LogP contribution in [0.1, 0.15) is 22.4 Å². The quantitative estimate of drug-likeness (QED) is 0.366. The normalized spacial score (nSPS) is 12.1. The van der Waals surface area contributed by atoms with Gasteiger partial charge in [-0.15, -0.1) is 12.4 Å². The van der Waals surface area contributed by atoms with Crippen molar-refractivity contribution in [2.24, 2.45) is 0 Å². The van der Waals surface area contributed by atoms with Gasteiger partial charge in [-0.05, 0) is 73.7 Å². The van der Waals surface area contributed by atoms with Crippen molar-refractivity contribution >= 4 is 29.0 Å². The van der Waals surface area contributed by atoms with Crippen LogP contribution in [0.2, 0.25) is 0 Å². The molecule has 0 spiro atoms. The van der Waals surface area contributed by atoms with Crippen LogP contribution in [0.4, 0.5) is 5.69 Å². The first kappa shape index (κ1) is 22.0. The van der Waals surface area contributed by atoms with Gasteiger partial charge in [-0.2, -0.15) is 0 Å². The Morgan fingerprint density at radius 1 is 0.906 bits per heavy atom. The van der Waals surface area contributed by atoms with E-state index in [1.54, 1.807) is 7.11 Å². The van der Waals surface area contributed by atoms with Crippen LogP contribution in [-0.2, 0) is 19.3 Å². The maximum atomic E-state index is 6.36. The van der Waals surface area contributed by atoms with Gasteiger partial charge in [-0.1, -0.05) is 30.3 Å². The lowest BCUT2D eigenvalue weighted by atomic mass is 9.96. The van der Waals surface area contributed by atoms with Gasteiger partial charge < -0.3 is 14.8 Å². The van der Waals surface area contributed by atoms with Crippen LogP contribution in [0, 0.1) is 6.92 Å². The monoisotopic (exact) mass is 446 g/mol. The van der Waals surface area contributed by atoms with E-state index in [4.69, 9.17) is 14.5 Å². The van der Waals surface area contributed by atoms with E-state index in [-0.39, 0.29) is 12.4 Å². The molecule has 0 fully saturated rings. The lowest BCUT2D eigenvalue weighted by Crippen LogP contribution is -2.01. The SMILES string of the molecule is COc1ccc(CCc2c(Oc3ccccc3)ccc3nc(C)c4c(c23)NCC4)cc1.Cl. The highest BCUT2D eigenvalue weighted by Crippen LogP contribution is 2.40. The van der Waals surface area contributed by atoms with Gasteiger partial charge in [0.15, 0.2) is 0 Å². The summed E-state index contributed by atoms with van der Waals surface area (Å²) in [5.74, 6) is 2.62. The van der Waals surface area contributed by atoms with E-state index in [0.29, 0.717) is 0 Å². The second kappa shape index (κ2) is 9.49. The summed E-state index contributed by atoms with van der Waals surface area (Å²) in [6, 6.07) is 22.4. The number of benzene rings is 3. The molecule has 1 aliphatic heterocycles. The number of methoxy groups -OCH3 is 1. The number of hydrogen-bond acceptors (Lipinski definition) is 4. The van der Waals surface area contributed by atoms with E-state index in [0.717, 1.165) is 54.3 Å². The lowest BCUT2D eigenvalue weighted by molar-refractivity contribution is 0.414. The Bertz CT molecular complexity index is 1220. The Labute approximate surface area is 195 Å². The van der Waals surface area contributed by atoms with Gasteiger partial charge in [-0.25, -0.2) is 0 Å². The number of rotatable bonds is 6. The van der Waals surface area contributed by atoms with Gasteiger partial charge in [0.1, 0.15) is 17.2 Å². The van der Waals surface area contributed by atoms with Crippen molar-refractivity contribution in [3.05, 3.63) is 89.1 Å². The van der Waals surface area contributed by atoms with Crippen LogP contribution in [0.3, 0.4) is 0 Å². The molecule has 0 saturated carbocycles. The second-order valence-electron chi connectivity index (χ2n) is 7.93. The molecule has 4 nitrogen and oxygen atoms in total. The average Bonchev–Trinajstić information content (AvgIpc) is 3.30. The number of nitrogens with one attached hydrogen (secondary N) is 1. The molecule has 5 heteroatoms. The molecule has 2 heterocycles. The average molecular weight is 447 g/mol. The Balaban J connectivity index is 0.00000245. The van der Waals surface area contributed by atoms with Crippen LogP contribution in [-0.4, -0.2) is 18.6 Å². The predicted octanol–water partition coefficient (Wildman–Crippen LogP) is 6.52. The smallest absolute Gasteiger partial charge is 0.131 e. The number of anilines is 1. The van der Waals surface area contributed by atoms with Crippen molar-refractivity contribution in [2.75, 3.05) is 19.0 Å². The van der Waals surface area contributed by atoms with Crippen LogP contribution in [0.5, 0.6) is 17.2 Å². The number of para-hydroxylation sites is 1. The summed E-state index contributed by atoms with van der Waals surface area (Å²) in [6.07, 6.45) is 2.80. The number of aromatic nitrogens is 1. The molecule has 0 saturated heterocycles. The second-order valence-corrected chi connectivity index (χ2v) is 7.93. The highest BCUT2D eigenvalue weighted by atomic mass is 35.5. The Kier molecular flexibility index (Phi) is 6.52. The summed E-state index contributed by atoms with van der Waals surface area (Å²) in [7, 11) is 1.70. The van der Waals surface area contributed by atoms with Crippen molar-refractivity contribution < 1.29 is 9.47 Å². The topological polar surface area (TPSA) is 43.4 Å². The van der Waals surface area contributed by atoms with Crippen LogP contribution in [0.15, 0.2) is 66.7 Å². The van der Waals surface area contributed by atoms with Crippen molar-refractivity contribution in [1.29, 1.82) is 0 Å². The number of halogens is 1. The van der Waals surface area contributed by atoms with Crippen molar-refractivity contribution in [3.8, 4) is 17.2 Å². The highest BCUT2D eigenvalue weighted by Gasteiger charge is 2.22. The number of fused-ring (bicyclic) bond motifs is 3. The molecule has 1 aliphatic rings. The molecule has 1 N–H and O–H groups in total. The molecule has 4 aromatic rings. The largest absolute Gasteiger partial charge is 0.497 e. The van der Waals surface area contributed by atoms with Crippen LogP contribution >= 0.6 is 12.4 Å². The maximum Gasteiger partial charge on any atom is 0.131 e. The molecule has 0 amide bonds. The van der Waals surface area contributed by atoms with Gasteiger partial charge in [0.2, 0.25) is 0 Å². The van der Waals surface area contributed by atoms with Crippen LogP contribution in [0.25, 0.3) is 10.9 Å². The third kappa shape index (κ3) is 4.23. The molecule has 0 unspecified atom stereocenters. The van der Waals surface area contributed by atoms with Gasteiger partial charge in [-0.3, -0.25) is 4.98 Å². The third-order valence-electron chi connectivity index (χ3n) is 6.00. The number of pyridine rings is 1. The fourth-order valence-corrected chi connectivity index (χ4v) is 4.40. The molecule has 0 radical (unpaired) electrons. The first-order valence-electron chi connectivity index (χ1n) is 10.8. The van der Waals surface area contributed by atoms with E-state index in [1.807, 2.05) is 42.5 Å². The standard InChI is InChI=1S/C27H26N2O2.ClH/c1-18-22-16-17-28-27(22)26-23(13-10-19-8-11-20(30-2)12-9-19)25(15-14-24(26)29-18)31-21-6-4-3-5-7-21;/h3-9,11-12,14-15,28H,10,13,16-17H2,1-2H3;1H. The van der Waals surface area contributed by atoms with Gasteiger partial charge in [0, 0.05) is 28.9 Å². The fourth-order valence-electron chi connectivity index (χ4n) is 4.40. The first-order chi connectivity index (χ1) is 15.2. The van der Waals surface area contributed by atoms with Gasteiger partial charge >= 0.3 is 0 Å². The Morgan fingerprint density at radius 2 is 1.69 bits per heavy atom. The molecule has 0 atom stereocenters. The summed E-state index contributed by atoms with van der Waals surface area (Å²) in [5, 5.41) is 4.81. The minimum Gasteiger partial charge on any atom is -0.497 e. The molecule has 1 aromatic heterocycles. The number of hydrogen-bond donors (Lipinski definition) is 1. The maximum absolute atomic E-state index is 6.36. The van der Waals surface area contributed by atoms with Gasteiger partial charge in [0.25, 0.3) is 0 Å². The highest BCUT2D eigenvalue weighted by molar-refractivity contribution is 5.98. The van der Waals surface area contributed by atoms with E-state index in [2.05, 4.69) is 36.5 Å². The van der Waals surface area contributed by atoms with Crippen molar-refractivity contribution in [2.45, 2.75) is 26.2 Å². The molecule has 0 bridgehead atoms. The predicted molar refractivity (Wildman–Crippen MR) is 133 cm³/mol. The van der Waals surface area contributed by atoms with Crippen LogP contribution < -0.4 is 14.8 Å². The lowest BCUT2D eigenvalue weighted by Gasteiger charge is -2.17. The third-order valence-corrected chi connectivity index (χ3v) is 6.00. The van der Waals surface area contributed by atoms with E-state index < -0.39 is 0 Å². The molecular weight excluding hydrogens is 420 g/mol. The zero-order valence-electron chi connectivity index (χ0n) is 18.4. The first-order valence-corrected chi connectivity index (χ1v) is 10.8. The minimum absolute atomic E-state index is 0. The Hall–Kier alpha value is -3.24.